The zero-order chi connectivity index (χ0) is 16.2. The number of rotatable bonds is 4. The summed E-state index contributed by atoms with van der Waals surface area (Å²) in [7, 11) is 0. The van der Waals surface area contributed by atoms with Gasteiger partial charge in [0.25, 0.3) is 0 Å². The summed E-state index contributed by atoms with van der Waals surface area (Å²) in [6.45, 7) is 3.95. The number of aryl methyl sites for hydroxylation is 2. The number of aromatic nitrogens is 2. The molecule has 3 aromatic rings. The Morgan fingerprint density at radius 1 is 1.17 bits per heavy atom. The van der Waals surface area contributed by atoms with E-state index in [1.807, 2.05) is 50.2 Å². The summed E-state index contributed by atoms with van der Waals surface area (Å²) in [5.41, 5.74) is 4.07. The number of amides is 1. The second-order valence-corrected chi connectivity index (χ2v) is 6.33. The largest absolute Gasteiger partial charge is 0.302 e. The summed E-state index contributed by atoms with van der Waals surface area (Å²) in [6, 6.07) is 11.8. The molecule has 0 fully saturated rings. The third-order valence-corrected chi connectivity index (χ3v) is 4.70. The van der Waals surface area contributed by atoms with Crippen molar-refractivity contribution in [3.05, 3.63) is 65.6 Å². The topological polar surface area (TPSA) is 54.9 Å². The Balaban J connectivity index is 1.74. The van der Waals surface area contributed by atoms with E-state index in [9.17, 15) is 4.79 Å². The van der Waals surface area contributed by atoms with Crippen LogP contribution in [0.25, 0.3) is 10.4 Å². The number of carbonyl (C=O) groups is 1. The molecule has 116 valence electrons. The number of benzene rings is 1. The fourth-order valence-electron chi connectivity index (χ4n) is 2.36. The average Bonchev–Trinajstić information content (AvgIpc) is 2.91. The van der Waals surface area contributed by atoms with Crippen molar-refractivity contribution in [1.29, 1.82) is 0 Å². The zero-order valence-corrected chi connectivity index (χ0v) is 13.9. The molecule has 4 nitrogen and oxygen atoms in total. The Morgan fingerprint density at radius 2 is 2.00 bits per heavy atom. The summed E-state index contributed by atoms with van der Waals surface area (Å²) in [6.07, 6.45) is 3.90. The molecule has 0 saturated heterocycles. The molecule has 1 amide bonds. The molecule has 0 aliphatic carbocycles. The van der Waals surface area contributed by atoms with Crippen LogP contribution < -0.4 is 5.32 Å². The van der Waals surface area contributed by atoms with Crippen molar-refractivity contribution >= 4 is 22.4 Å². The molecule has 0 aliphatic heterocycles. The highest BCUT2D eigenvalue weighted by atomic mass is 32.1. The first kappa shape index (κ1) is 15.4. The molecule has 0 saturated carbocycles. The third kappa shape index (κ3) is 3.63. The lowest BCUT2D eigenvalue weighted by Gasteiger charge is -2.04. The van der Waals surface area contributed by atoms with Gasteiger partial charge in [-0.25, -0.2) is 4.98 Å². The van der Waals surface area contributed by atoms with E-state index in [0.29, 0.717) is 11.6 Å². The highest BCUT2D eigenvalue weighted by Gasteiger charge is 2.13. The van der Waals surface area contributed by atoms with Gasteiger partial charge in [-0.15, -0.1) is 0 Å². The molecule has 2 heterocycles. The van der Waals surface area contributed by atoms with Crippen molar-refractivity contribution in [3.63, 3.8) is 0 Å². The Kier molecular flexibility index (Phi) is 4.48. The van der Waals surface area contributed by atoms with Gasteiger partial charge in [0.15, 0.2) is 5.13 Å². The van der Waals surface area contributed by atoms with Crippen LogP contribution in [0.1, 0.15) is 16.8 Å². The van der Waals surface area contributed by atoms with Gasteiger partial charge in [0.1, 0.15) is 0 Å². The van der Waals surface area contributed by atoms with E-state index in [0.717, 1.165) is 27.3 Å². The first-order chi connectivity index (χ1) is 11.1. The molecule has 23 heavy (non-hydrogen) atoms. The number of thiazole rings is 1. The minimum atomic E-state index is -0.0502. The second kappa shape index (κ2) is 6.71. The fraction of sp³-hybridized carbons (Fsp3) is 0.167. The fourth-order valence-corrected chi connectivity index (χ4v) is 3.33. The molecule has 2 aromatic heterocycles. The summed E-state index contributed by atoms with van der Waals surface area (Å²) in [4.78, 5) is 21.8. The molecule has 1 N–H and O–H groups in total. The predicted molar refractivity (Wildman–Crippen MR) is 93.6 cm³/mol. The Labute approximate surface area is 139 Å². The number of nitrogens with zero attached hydrogens (tertiary/aromatic N) is 2. The van der Waals surface area contributed by atoms with Gasteiger partial charge in [0.05, 0.1) is 17.0 Å². The van der Waals surface area contributed by atoms with E-state index in [1.165, 1.54) is 11.3 Å². The average molecular weight is 323 g/mol. The summed E-state index contributed by atoms with van der Waals surface area (Å²) in [5.74, 6) is -0.0502. The molecule has 1 aromatic carbocycles. The quantitative estimate of drug-likeness (QED) is 0.789. The van der Waals surface area contributed by atoms with Crippen LogP contribution in [0.3, 0.4) is 0 Å². The normalized spacial score (nSPS) is 10.5. The number of hydrogen-bond acceptors (Lipinski definition) is 4. The van der Waals surface area contributed by atoms with Crippen molar-refractivity contribution in [2.75, 3.05) is 5.32 Å². The molecular formula is C18H17N3OS. The highest BCUT2D eigenvalue weighted by molar-refractivity contribution is 7.19. The van der Waals surface area contributed by atoms with Crippen LogP contribution in [0, 0.1) is 13.8 Å². The second-order valence-electron chi connectivity index (χ2n) is 5.33. The van der Waals surface area contributed by atoms with Gasteiger partial charge in [-0.2, -0.15) is 0 Å². The minimum absolute atomic E-state index is 0.0502. The molecule has 0 unspecified atom stereocenters. The first-order valence-corrected chi connectivity index (χ1v) is 8.17. The summed E-state index contributed by atoms with van der Waals surface area (Å²) in [5, 5.41) is 3.52. The van der Waals surface area contributed by atoms with Crippen molar-refractivity contribution in [2.24, 2.45) is 0 Å². The van der Waals surface area contributed by atoms with Crippen molar-refractivity contribution in [3.8, 4) is 10.4 Å². The zero-order valence-electron chi connectivity index (χ0n) is 13.0. The van der Waals surface area contributed by atoms with Crippen molar-refractivity contribution < 1.29 is 4.79 Å². The molecule has 0 atom stereocenters. The van der Waals surface area contributed by atoms with Gasteiger partial charge >= 0.3 is 0 Å². The van der Waals surface area contributed by atoms with E-state index < -0.39 is 0 Å². The third-order valence-electron chi connectivity index (χ3n) is 3.58. The molecule has 0 bridgehead atoms. The predicted octanol–water partition coefficient (Wildman–Crippen LogP) is 4.00. The van der Waals surface area contributed by atoms with Gasteiger partial charge in [-0.3, -0.25) is 9.78 Å². The van der Waals surface area contributed by atoms with Crippen LogP contribution in [0.5, 0.6) is 0 Å². The van der Waals surface area contributed by atoms with E-state index >= 15 is 0 Å². The molecule has 3 rings (SSSR count). The maximum Gasteiger partial charge on any atom is 0.230 e. The number of pyridine rings is 1. The molecule has 0 spiro atoms. The van der Waals surface area contributed by atoms with Crippen molar-refractivity contribution in [1.82, 2.24) is 9.97 Å². The Morgan fingerprint density at radius 3 is 2.74 bits per heavy atom. The van der Waals surface area contributed by atoms with Crippen LogP contribution in [-0.4, -0.2) is 15.9 Å². The van der Waals surface area contributed by atoms with Gasteiger partial charge < -0.3 is 5.32 Å². The summed E-state index contributed by atoms with van der Waals surface area (Å²) < 4.78 is 0. The van der Waals surface area contributed by atoms with Crippen LogP contribution in [0.2, 0.25) is 0 Å². The lowest BCUT2D eigenvalue weighted by molar-refractivity contribution is -0.115. The molecular weight excluding hydrogens is 306 g/mol. The number of anilines is 1. The molecule has 0 aliphatic rings. The monoisotopic (exact) mass is 323 g/mol. The SMILES string of the molecule is Cc1ccccc1CC(=O)Nc1nc(C)c(-c2cccnc2)s1. The van der Waals surface area contributed by atoms with Gasteiger partial charge in [0, 0.05) is 18.0 Å². The lowest BCUT2D eigenvalue weighted by Crippen LogP contribution is -2.14. The van der Waals surface area contributed by atoms with E-state index in [1.54, 1.807) is 12.4 Å². The highest BCUT2D eigenvalue weighted by Crippen LogP contribution is 2.32. The van der Waals surface area contributed by atoms with Gasteiger partial charge in [-0.1, -0.05) is 41.7 Å². The van der Waals surface area contributed by atoms with E-state index in [4.69, 9.17) is 0 Å². The smallest absolute Gasteiger partial charge is 0.230 e. The van der Waals surface area contributed by atoms with Crippen LogP contribution in [0.4, 0.5) is 5.13 Å². The van der Waals surface area contributed by atoms with Crippen LogP contribution >= 0.6 is 11.3 Å². The van der Waals surface area contributed by atoms with E-state index in [2.05, 4.69) is 15.3 Å². The number of hydrogen-bond donors (Lipinski definition) is 1. The number of nitrogens with one attached hydrogen (secondary N) is 1. The summed E-state index contributed by atoms with van der Waals surface area (Å²) >= 11 is 1.47. The lowest BCUT2D eigenvalue weighted by atomic mass is 10.1. The first-order valence-electron chi connectivity index (χ1n) is 7.35. The Hall–Kier alpha value is -2.53. The number of carbonyl (C=O) groups excluding carboxylic acids is 1. The van der Waals surface area contributed by atoms with Gasteiger partial charge in [-0.05, 0) is 31.0 Å². The molecule has 0 radical (unpaired) electrons. The van der Waals surface area contributed by atoms with Crippen molar-refractivity contribution in [2.45, 2.75) is 20.3 Å². The Bertz CT molecular complexity index is 827. The van der Waals surface area contributed by atoms with Crippen LogP contribution in [0.15, 0.2) is 48.8 Å². The maximum absolute atomic E-state index is 12.2. The molecule has 5 heteroatoms. The van der Waals surface area contributed by atoms with E-state index in [-0.39, 0.29) is 5.91 Å². The standard InChI is InChI=1S/C18H17N3OS/c1-12-6-3-4-7-14(12)10-16(22)21-18-20-13(2)17(23-18)15-8-5-9-19-11-15/h3-9,11H,10H2,1-2H3,(H,20,21,22). The maximum atomic E-state index is 12.2. The van der Waals surface area contributed by atoms with Crippen LogP contribution in [-0.2, 0) is 11.2 Å². The van der Waals surface area contributed by atoms with Gasteiger partial charge in [0.2, 0.25) is 5.91 Å². The minimum Gasteiger partial charge on any atom is -0.302 e.